The molecule has 3 rings (SSSR count). The lowest BCUT2D eigenvalue weighted by molar-refractivity contribution is -0.123. The van der Waals surface area contributed by atoms with Gasteiger partial charge < -0.3 is 14.8 Å². The van der Waals surface area contributed by atoms with Gasteiger partial charge in [0.15, 0.2) is 6.61 Å². The zero-order valence-corrected chi connectivity index (χ0v) is 14.6. The number of nitrogens with one attached hydrogen (secondary N) is 1. The van der Waals surface area contributed by atoms with Crippen molar-refractivity contribution >= 4 is 16.8 Å². The quantitative estimate of drug-likeness (QED) is 0.737. The van der Waals surface area contributed by atoms with Crippen molar-refractivity contribution in [2.75, 3.05) is 13.7 Å². The number of carbonyl (C=O) groups excluding carboxylic acids is 1. The van der Waals surface area contributed by atoms with Crippen molar-refractivity contribution in [1.29, 1.82) is 0 Å². The number of hydrogen-bond acceptors (Lipinski definition) is 4. The van der Waals surface area contributed by atoms with E-state index in [1.165, 1.54) is 6.07 Å². The normalized spacial score (nSPS) is 10.6. The Morgan fingerprint density at radius 1 is 1.19 bits per heavy atom. The predicted molar refractivity (Wildman–Crippen MR) is 96.8 cm³/mol. The molecular weight excluding hydrogens is 335 g/mol. The summed E-state index contributed by atoms with van der Waals surface area (Å²) in [4.78, 5) is 16.5. The molecule has 134 valence electrons. The van der Waals surface area contributed by atoms with Gasteiger partial charge in [0, 0.05) is 29.3 Å². The Bertz CT molecular complexity index is 943. The third kappa shape index (κ3) is 4.08. The molecule has 0 bridgehead atoms. The molecule has 6 heteroatoms. The van der Waals surface area contributed by atoms with Gasteiger partial charge in [-0.2, -0.15) is 0 Å². The molecule has 1 aromatic heterocycles. The molecule has 1 amide bonds. The molecule has 1 heterocycles. The first-order chi connectivity index (χ1) is 12.6. The SMILES string of the molecule is COc1ccc2nc(C)cc(OCC(=O)NCc3ccccc3F)c2c1. The Morgan fingerprint density at radius 2 is 2.00 bits per heavy atom. The van der Waals surface area contributed by atoms with Crippen LogP contribution in [0.4, 0.5) is 4.39 Å². The number of ether oxygens (including phenoxy) is 2. The van der Waals surface area contributed by atoms with Crippen molar-refractivity contribution in [2.24, 2.45) is 0 Å². The van der Waals surface area contributed by atoms with Crippen LogP contribution < -0.4 is 14.8 Å². The van der Waals surface area contributed by atoms with E-state index < -0.39 is 0 Å². The highest BCUT2D eigenvalue weighted by atomic mass is 19.1. The van der Waals surface area contributed by atoms with Gasteiger partial charge >= 0.3 is 0 Å². The van der Waals surface area contributed by atoms with E-state index >= 15 is 0 Å². The summed E-state index contributed by atoms with van der Waals surface area (Å²) in [5.41, 5.74) is 1.97. The van der Waals surface area contributed by atoms with E-state index in [1.54, 1.807) is 31.4 Å². The summed E-state index contributed by atoms with van der Waals surface area (Å²) in [5.74, 6) is 0.541. The number of pyridine rings is 1. The maximum atomic E-state index is 13.6. The number of rotatable bonds is 6. The Balaban J connectivity index is 1.69. The summed E-state index contributed by atoms with van der Waals surface area (Å²) in [7, 11) is 1.58. The van der Waals surface area contributed by atoms with Crippen LogP contribution in [0.25, 0.3) is 10.9 Å². The summed E-state index contributed by atoms with van der Waals surface area (Å²) < 4.78 is 24.5. The first kappa shape index (κ1) is 17.7. The lowest BCUT2D eigenvalue weighted by atomic mass is 10.1. The molecule has 0 spiro atoms. The summed E-state index contributed by atoms with van der Waals surface area (Å²) in [6.07, 6.45) is 0. The number of methoxy groups -OCH3 is 1. The second-order valence-corrected chi connectivity index (χ2v) is 5.80. The van der Waals surface area contributed by atoms with Gasteiger partial charge in [-0.1, -0.05) is 18.2 Å². The van der Waals surface area contributed by atoms with Crippen LogP contribution in [0, 0.1) is 12.7 Å². The fourth-order valence-corrected chi connectivity index (χ4v) is 2.58. The highest BCUT2D eigenvalue weighted by molar-refractivity contribution is 5.87. The molecule has 0 fully saturated rings. The van der Waals surface area contributed by atoms with Crippen molar-refractivity contribution in [3.63, 3.8) is 0 Å². The average Bonchev–Trinajstić information content (AvgIpc) is 2.65. The van der Waals surface area contributed by atoms with E-state index in [0.717, 1.165) is 16.6 Å². The van der Waals surface area contributed by atoms with Crippen molar-refractivity contribution in [3.05, 3.63) is 65.6 Å². The van der Waals surface area contributed by atoms with Crippen molar-refractivity contribution < 1.29 is 18.7 Å². The number of nitrogens with zero attached hydrogens (tertiary/aromatic N) is 1. The molecule has 0 aliphatic carbocycles. The van der Waals surface area contributed by atoms with Gasteiger partial charge in [0.2, 0.25) is 0 Å². The van der Waals surface area contributed by atoms with Crippen molar-refractivity contribution in [3.8, 4) is 11.5 Å². The highest BCUT2D eigenvalue weighted by Gasteiger charge is 2.10. The number of aryl methyl sites for hydroxylation is 1. The molecule has 0 unspecified atom stereocenters. The number of hydrogen-bond donors (Lipinski definition) is 1. The number of aromatic nitrogens is 1. The van der Waals surface area contributed by atoms with Crippen LogP contribution in [0.3, 0.4) is 0 Å². The molecule has 0 aliphatic rings. The third-order valence-corrected chi connectivity index (χ3v) is 3.90. The van der Waals surface area contributed by atoms with E-state index in [-0.39, 0.29) is 24.9 Å². The number of halogens is 1. The van der Waals surface area contributed by atoms with Crippen LogP contribution in [0.5, 0.6) is 11.5 Å². The second-order valence-electron chi connectivity index (χ2n) is 5.80. The topological polar surface area (TPSA) is 60.5 Å². The molecule has 0 aliphatic heterocycles. The molecule has 5 nitrogen and oxygen atoms in total. The number of fused-ring (bicyclic) bond motifs is 1. The van der Waals surface area contributed by atoms with E-state index in [1.807, 2.05) is 25.1 Å². The van der Waals surface area contributed by atoms with Gasteiger partial charge in [0.1, 0.15) is 17.3 Å². The number of benzene rings is 2. The van der Waals surface area contributed by atoms with Crippen LogP contribution in [-0.4, -0.2) is 24.6 Å². The minimum Gasteiger partial charge on any atom is -0.497 e. The zero-order chi connectivity index (χ0) is 18.5. The monoisotopic (exact) mass is 354 g/mol. The first-order valence-electron chi connectivity index (χ1n) is 8.15. The smallest absolute Gasteiger partial charge is 0.258 e. The van der Waals surface area contributed by atoms with Crippen LogP contribution in [0.15, 0.2) is 48.5 Å². The summed E-state index contributed by atoms with van der Waals surface area (Å²) in [6, 6.07) is 13.6. The molecule has 0 saturated heterocycles. The van der Waals surface area contributed by atoms with E-state index in [4.69, 9.17) is 9.47 Å². The molecule has 0 saturated carbocycles. The van der Waals surface area contributed by atoms with Crippen LogP contribution >= 0.6 is 0 Å². The third-order valence-electron chi connectivity index (χ3n) is 3.90. The van der Waals surface area contributed by atoms with Gasteiger partial charge in [0.25, 0.3) is 5.91 Å². The summed E-state index contributed by atoms with van der Waals surface area (Å²) >= 11 is 0. The van der Waals surface area contributed by atoms with Gasteiger partial charge in [-0.05, 0) is 31.2 Å². The zero-order valence-electron chi connectivity index (χ0n) is 14.6. The standard InChI is InChI=1S/C20H19FN2O3/c1-13-9-19(16-10-15(25-2)7-8-18(16)23-13)26-12-20(24)22-11-14-5-3-4-6-17(14)21/h3-10H,11-12H2,1-2H3,(H,22,24). The largest absolute Gasteiger partial charge is 0.497 e. The molecule has 3 aromatic rings. The predicted octanol–water partition coefficient (Wildman–Crippen LogP) is 3.39. The second kappa shape index (κ2) is 7.82. The van der Waals surface area contributed by atoms with Crippen LogP contribution in [-0.2, 0) is 11.3 Å². The first-order valence-corrected chi connectivity index (χ1v) is 8.15. The Morgan fingerprint density at radius 3 is 2.77 bits per heavy atom. The van der Waals surface area contributed by atoms with Gasteiger partial charge in [0.05, 0.1) is 12.6 Å². The molecule has 0 radical (unpaired) electrons. The van der Waals surface area contributed by atoms with Crippen molar-refractivity contribution in [2.45, 2.75) is 13.5 Å². The van der Waals surface area contributed by atoms with Gasteiger partial charge in [-0.25, -0.2) is 4.39 Å². The molecule has 0 atom stereocenters. The molecule has 2 aromatic carbocycles. The van der Waals surface area contributed by atoms with Gasteiger partial charge in [-0.3, -0.25) is 9.78 Å². The lowest BCUT2D eigenvalue weighted by Crippen LogP contribution is -2.28. The Hall–Kier alpha value is -3.15. The van der Waals surface area contributed by atoms with Crippen LogP contribution in [0.2, 0.25) is 0 Å². The van der Waals surface area contributed by atoms with E-state index in [2.05, 4.69) is 10.3 Å². The highest BCUT2D eigenvalue weighted by Crippen LogP contribution is 2.28. The number of amides is 1. The van der Waals surface area contributed by atoms with Gasteiger partial charge in [-0.15, -0.1) is 0 Å². The fraction of sp³-hybridized carbons (Fsp3) is 0.200. The van der Waals surface area contributed by atoms with E-state index in [0.29, 0.717) is 17.1 Å². The number of carbonyl (C=O) groups is 1. The minimum absolute atomic E-state index is 0.110. The Labute approximate surface area is 150 Å². The van der Waals surface area contributed by atoms with Crippen molar-refractivity contribution in [1.82, 2.24) is 10.3 Å². The molecule has 26 heavy (non-hydrogen) atoms. The summed E-state index contributed by atoms with van der Waals surface area (Å²) in [5, 5.41) is 3.41. The van der Waals surface area contributed by atoms with E-state index in [9.17, 15) is 9.18 Å². The average molecular weight is 354 g/mol. The minimum atomic E-state index is -0.350. The molecular formula is C20H19FN2O3. The van der Waals surface area contributed by atoms with Crippen LogP contribution in [0.1, 0.15) is 11.3 Å². The lowest BCUT2D eigenvalue weighted by Gasteiger charge is -2.12. The fourth-order valence-electron chi connectivity index (χ4n) is 2.58. The molecule has 1 N–H and O–H groups in total. The Kier molecular flexibility index (Phi) is 5.31. The maximum absolute atomic E-state index is 13.6. The maximum Gasteiger partial charge on any atom is 0.258 e. The summed E-state index contributed by atoms with van der Waals surface area (Å²) in [6.45, 7) is 1.79.